The number of anilines is 2. The summed E-state index contributed by atoms with van der Waals surface area (Å²) in [7, 11) is 0. The second-order valence-corrected chi connectivity index (χ2v) is 14.7. The summed E-state index contributed by atoms with van der Waals surface area (Å²) in [6.07, 6.45) is 9.62. The first-order chi connectivity index (χ1) is 26.4. The predicted molar refractivity (Wildman–Crippen MR) is 214 cm³/mol. The normalized spacial score (nSPS) is 19.4. The molecule has 9 nitrogen and oxygen atoms in total. The minimum Gasteiger partial charge on any atom is -0.397 e. The highest BCUT2D eigenvalue weighted by atomic mass is 16.7. The van der Waals surface area contributed by atoms with Gasteiger partial charge in [0.25, 0.3) is 0 Å². The number of nitrogen functional groups attached to an aromatic ring is 1. The Morgan fingerprint density at radius 1 is 0.741 bits per heavy atom. The zero-order chi connectivity index (χ0) is 37.5. The van der Waals surface area contributed by atoms with Gasteiger partial charge in [-0.15, -0.1) is 0 Å². The lowest BCUT2D eigenvalue weighted by atomic mass is 9.97. The van der Waals surface area contributed by atoms with Gasteiger partial charge < -0.3 is 35.8 Å². The summed E-state index contributed by atoms with van der Waals surface area (Å²) in [6, 6.07) is 31.8. The van der Waals surface area contributed by atoms with Gasteiger partial charge in [0, 0.05) is 37.9 Å². The van der Waals surface area contributed by atoms with Crippen LogP contribution in [0.15, 0.2) is 97.1 Å². The number of rotatable bonds is 15. The van der Waals surface area contributed by atoms with Gasteiger partial charge >= 0.3 is 0 Å². The molecule has 0 saturated carbocycles. The van der Waals surface area contributed by atoms with Crippen LogP contribution < -0.4 is 16.4 Å². The molecule has 0 bridgehead atoms. The van der Waals surface area contributed by atoms with Crippen molar-refractivity contribution in [3.8, 4) is 11.1 Å². The number of hydrogen-bond acceptors (Lipinski definition) is 7. The van der Waals surface area contributed by atoms with Crippen molar-refractivity contribution < 1.29 is 24.2 Å². The largest absolute Gasteiger partial charge is 0.397 e. The molecule has 2 saturated heterocycles. The van der Waals surface area contributed by atoms with E-state index in [0.29, 0.717) is 43.6 Å². The summed E-state index contributed by atoms with van der Waals surface area (Å²) in [5.41, 5.74) is 13.2. The quantitative estimate of drug-likeness (QED) is 0.0714. The highest BCUT2D eigenvalue weighted by molar-refractivity contribution is 5.93. The van der Waals surface area contributed by atoms with Crippen molar-refractivity contribution in [1.29, 1.82) is 0 Å². The average Bonchev–Trinajstić information content (AvgIpc) is 3.19. The molecule has 2 aliphatic heterocycles. The van der Waals surface area contributed by atoms with E-state index >= 15 is 0 Å². The number of aliphatic hydroxyl groups is 1. The van der Waals surface area contributed by atoms with Crippen molar-refractivity contribution in [3.05, 3.63) is 119 Å². The van der Waals surface area contributed by atoms with Crippen LogP contribution in [0.4, 0.5) is 11.4 Å². The number of likely N-dealkylation sites (tertiary alicyclic amines) is 1. The van der Waals surface area contributed by atoms with E-state index in [2.05, 4.69) is 64.1 Å². The van der Waals surface area contributed by atoms with E-state index in [1.54, 1.807) is 12.1 Å². The lowest BCUT2D eigenvalue weighted by Gasteiger charge is -2.39. The van der Waals surface area contributed by atoms with Crippen LogP contribution in [0.5, 0.6) is 0 Å². The lowest BCUT2D eigenvalue weighted by Crippen LogP contribution is -2.40. The predicted octanol–water partition coefficient (Wildman–Crippen LogP) is 8.45. The standard InChI is InChI=1S/C45H56N4O5/c46-40-15-9-10-16-41(40)48-44(52)18-6-4-5-17-43(51)47-30-37-13-7-8-14-39(37)34-23-25-36(26-24-34)45-53-38(31-49-27-11-2-1-3-12-28-49)29-42(54-45)35-21-19-33(32-50)20-22-35/h7-10,13-16,19-26,38,42,45,50H,1-6,11-12,17-18,27-32,46H2,(H,47,51)(H,48,52). The van der Waals surface area contributed by atoms with E-state index in [9.17, 15) is 14.7 Å². The van der Waals surface area contributed by atoms with Crippen LogP contribution in [-0.4, -0.2) is 47.6 Å². The number of para-hydroxylation sites is 2. The molecule has 54 heavy (non-hydrogen) atoms. The van der Waals surface area contributed by atoms with Gasteiger partial charge in [-0.05, 0) is 78.7 Å². The molecule has 3 atom stereocenters. The van der Waals surface area contributed by atoms with E-state index in [0.717, 1.165) is 65.9 Å². The van der Waals surface area contributed by atoms with E-state index < -0.39 is 6.29 Å². The molecule has 9 heteroatoms. The Morgan fingerprint density at radius 3 is 2.15 bits per heavy atom. The van der Waals surface area contributed by atoms with Crippen molar-refractivity contribution in [1.82, 2.24) is 10.2 Å². The summed E-state index contributed by atoms with van der Waals surface area (Å²) < 4.78 is 13.3. The first kappa shape index (κ1) is 39.2. The maximum Gasteiger partial charge on any atom is 0.224 e. The van der Waals surface area contributed by atoms with Gasteiger partial charge in [-0.3, -0.25) is 9.59 Å². The average molecular weight is 733 g/mol. The Hall–Kier alpha value is -4.54. The molecule has 0 spiro atoms. The number of unbranched alkanes of at least 4 members (excludes halogenated alkanes) is 2. The van der Waals surface area contributed by atoms with Gasteiger partial charge in [-0.1, -0.05) is 111 Å². The second-order valence-electron chi connectivity index (χ2n) is 14.7. The topological polar surface area (TPSA) is 126 Å². The number of ether oxygens (including phenoxy) is 2. The maximum absolute atomic E-state index is 12.8. The molecule has 4 aromatic carbocycles. The minimum atomic E-state index is -0.498. The van der Waals surface area contributed by atoms with Crippen LogP contribution in [0.2, 0.25) is 0 Å². The van der Waals surface area contributed by atoms with Crippen LogP contribution in [0.3, 0.4) is 0 Å². The molecule has 4 aromatic rings. The Labute approximate surface area is 320 Å². The van der Waals surface area contributed by atoms with Gasteiger partial charge in [0.1, 0.15) is 0 Å². The first-order valence-corrected chi connectivity index (χ1v) is 19.8. The van der Waals surface area contributed by atoms with Gasteiger partial charge in [0.05, 0.1) is 30.2 Å². The maximum atomic E-state index is 12.8. The second kappa shape index (κ2) is 20.2. The van der Waals surface area contributed by atoms with Crippen molar-refractivity contribution >= 4 is 23.2 Å². The molecule has 5 N–H and O–H groups in total. The fourth-order valence-corrected chi connectivity index (χ4v) is 7.45. The van der Waals surface area contributed by atoms with E-state index in [1.165, 1.54) is 32.1 Å². The number of carbonyl (C=O) groups excluding carboxylic acids is 2. The highest BCUT2D eigenvalue weighted by Gasteiger charge is 2.33. The number of nitrogens with one attached hydrogen (secondary N) is 2. The monoisotopic (exact) mass is 732 g/mol. The van der Waals surface area contributed by atoms with Crippen LogP contribution in [0, 0.1) is 0 Å². The Kier molecular flexibility index (Phi) is 14.7. The highest BCUT2D eigenvalue weighted by Crippen LogP contribution is 2.39. The van der Waals surface area contributed by atoms with Crippen LogP contribution in [0.1, 0.15) is 105 Å². The summed E-state index contributed by atoms with van der Waals surface area (Å²) in [4.78, 5) is 27.6. The fraction of sp³-hybridized carbons (Fsp3) is 0.422. The number of benzene rings is 4. The zero-order valence-electron chi connectivity index (χ0n) is 31.4. The van der Waals surface area contributed by atoms with Gasteiger partial charge in [0.2, 0.25) is 11.8 Å². The van der Waals surface area contributed by atoms with Gasteiger partial charge in [-0.2, -0.15) is 0 Å². The van der Waals surface area contributed by atoms with E-state index in [-0.39, 0.29) is 30.6 Å². The smallest absolute Gasteiger partial charge is 0.224 e. The lowest BCUT2D eigenvalue weighted by molar-refractivity contribution is -0.253. The summed E-state index contributed by atoms with van der Waals surface area (Å²) in [5, 5.41) is 15.5. The molecule has 0 radical (unpaired) electrons. The van der Waals surface area contributed by atoms with Crippen LogP contribution in [0.25, 0.3) is 11.1 Å². The minimum absolute atomic E-state index is 0.000835. The van der Waals surface area contributed by atoms with Crippen LogP contribution >= 0.6 is 0 Å². The van der Waals surface area contributed by atoms with Crippen molar-refractivity contribution in [2.75, 3.05) is 30.7 Å². The molecule has 2 fully saturated rings. The number of nitrogens with two attached hydrogens (primary N) is 1. The molecule has 3 unspecified atom stereocenters. The van der Waals surface area contributed by atoms with Gasteiger partial charge in [0.15, 0.2) is 6.29 Å². The number of aliphatic hydroxyl groups excluding tert-OH is 1. The SMILES string of the molecule is Nc1ccccc1NC(=O)CCCCCC(=O)NCc1ccccc1-c1ccc(C2OC(CN3CCCCCCC3)CC(c3ccc(CO)cc3)O2)cc1. The third-order valence-corrected chi connectivity index (χ3v) is 10.6. The van der Waals surface area contributed by atoms with Crippen molar-refractivity contribution in [2.45, 2.75) is 102 Å². The molecular formula is C45H56N4O5. The molecule has 2 amide bonds. The molecule has 6 rings (SSSR count). The number of hydrogen-bond donors (Lipinski definition) is 4. The summed E-state index contributed by atoms with van der Waals surface area (Å²) in [5.74, 6) is -0.0723. The number of nitrogens with zero attached hydrogens (tertiary/aromatic N) is 1. The summed E-state index contributed by atoms with van der Waals surface area (Å²) in [6.45, 7) is 3.57. The third kappa shape index (κ3) is 11.5. The Balaban J connectivity index is 1.03. The summed E-state index contributed by atoms with van der Waals surface area (Å²) >= 11 is 0. The molecule has 2 heterocycles. The van der Waals surface area contributed by atoms with Gasteiger partial charge in [-0.25, -0.2) is 0 Å². The molecule has 0 aliphatic carbocycles. The molecular weight excluding hydrogens is 677 g/mol. The third-order valence-electron chi connectivity index (χ3n) is 10.6. The number of amides is 2. The molecule has 286 valence electrons. The Morgan fingerprint density at radius 2 is 1.41 bits per heavy atom. The fourth-order valence-electron chi connectivity index (χ4n) is 7.45. The number of carbonyl (C=O) groups is 2. The van der Waals surface area contributed by atoms with E-state index in [1.807, 2.05) is 36.4 Å². The van der Waals surface area contributed by atoms with Crippen molar-refractivity contribution in [2.24, 2.45) is 0 Å². The zero-order valence-corrected chi connectivity index (χ0v) is 31.4. The van der Waals surface area contributed by atoms with E-state index in [4.69, 9.17) is 15.2 Å². The van der Waals surface area contributed by atoms with Crippen molar-refractivity contribution in [3.63, 3.8) is 0 Å². The molecule has 2 aliphatic rings. The first-order valence-electron chi connectivity index (χ1n) is 19.8. The van der Waals surface area contributed by atoms with Crippen LogP contribution in [-0.2, 0) is 32.2 Å². The molecule has 0 aromatic heterocycles. The Bertz CT molecular complexity index is 1770.